The average molecular weight is 319 g/mol. The molecular weight excluding hydrogens is 297 g/mol. The van der Waals surface area contributed by atoms with Gasteiger partial charge < -0.3 is 14.5 Å². The van der Waals surface area contributed by atoms with Crippen LogP contribution in [0, 0.1) is 12.7 Å². The number of halogens is 1. The number of ether oxygens (including phenoxy) is 1. The van der Waals surface area contributed by atoms with Crippen LogP contribution in [0.4, 0.5) is 4.39 Å². The Hall–Kier alpha value is -1.92. The average Bonchev–Trinajstić information content (AvgIpc) is 2.91. The summed E-state index contributed by atoms with van der Waals surface area (Å²) in [5.41, 5.74) is 1.18. The van der Waals surface area contributed by atoms with Crippen LogP contribution in [0.15, 0.2) is 22.6 Å². The van der Waals surface area contributed by atoms with Gasteiger partial charge in [-0.2, -0.15) is 0 Å². The lowest BCUT2D eigenvalue weighted by molar-refractivity contribution is 0.163. The summed E-state index contributed by atoms with van der Waals surface area (Å²) in [6.45, 7) is 7.67. The maximum absolute atomic E-state index is 14.1. The highest BCUT2D eigenvalue weighted by molar-refractivity contribution is 5.57. The molecule has 0 bridgehead atoms. The quantitative estimate of drug-likeness (QED) is 0.939. The van der Waals surface area contributed by atoms with Crippen molar-refractivity contribution in [3.05, 3.63) is 35.5 Å². The number of nitrogens with zero attached hydrogens (tertiary/aromatic N) is 2. The number of aromatic nitrogens is 1. The molecule has 1 aliphatic rings. The van der Waals surface area contributed by atoms with Crippen LogP contribution in [-0.4, -0.2) is 42.7 Å². The van der Waals surface area contributed by atoms with Crippen molar-refractivity contribution < 1.29 is 13.5 Å². The van der Waals surface area contributed by atoms with Gasteiger partial charge >= 0.3 is 0 Å². The van der Waals surface area contributed by atoms with E-state index in [4.69, 9.17) is 9.15 Å². The molecule has 1 fully saturated rings. The predicted molar refractivity (Wildman–Crippen MR) is 85.9 cm³/mol. The lowest BCUT2D eigenvalue weighted by Gasteiger charge is -2.33. The molecule has 0 radical (unpaired) electrons. The lowest BCUT2D eigenvalue weighted by Crippen LogP contribution is -2.49. The molecule has 0 amide bonds. The zero-order valence-corrected chi connectivity index (χ0v) is 13.7. The Labute approximate surface area is 135 Å². The summed E-state index contributed by atoms with van der Waals surface area (Å²) < 4.78 is 24.9. The van der Waals surface area contributed by atoms with Crippen LogP contribution in [0.5, 0.6) is 5.75 Å². The number of piperazine rings is 1. The maximum Gasteiger partial charge on any atom is 0.229 e. The van der Waals surface area contributed by atoms with Gasteiger partial charge in [-0.3, -0.25) is 4.90 Å². The van der Waals surface area contributed by atoms with Crippen LogP contribution in [0.1, 0.15) is 18.4 Å². The standard InChI is InChI=1S/C17H22FN3O2/c1-11-9-19-6-7-21(11)10-16-12(2)23-17(20-16)14-8-13(22-3)4-5-15(14)18/h4-5,8,11,19H,6-7,9-10H2,1-3H3/t11-/m1/s1. The van der Waals surface area contributed by atoms with E-state index >= 15 is 0 Å². The summed E-state index contributed by atoms with van der Waals surface area (Å²) in [6.07, 6.45) is 0. The molecule has 2 heterocycles. The highest BCUT2D eigenvalue weighted by Gasteiger charge is 2.22. The Morgan fingerprint density at radius 2 is 2.30 bits per heavy atom. The molecule has 2 aromatic rings. The molecule has 1 N–H and O–H groups in total. The first-order valence-electron chi connectivity index (χ1n) is 7.83. The Balaban J connectivity index is 1.86. The minimum Gasteiger partial charge on any atom is -0.497 e. The molecule has 1 saturated heterocycles. The monoisotopic (exact) mass is 319 g/mol. The molecule has 1 aliphatic heterocycles. The van der Waals surface area contributed by atoms with Gasteiger partial charge in [0.1, 0.15) is 17.3 Å². The second kappa shape index (κ2) is 6.68. The van der Waals surface area contributed by atoms with E-state index in [9.17, 15) is 4.39 Å². The predicted octanol–water partition coefficient (Wildman–Crippen LogP) is 2.59. The summed E-state index contributed by atoms with van der Waals surface area (Å²) in [7, 11) is 1.55. The number of nitrogens with one attached hydrogen (secondary N) is 1. The fourth-order valence-corrected chi connectivity index (χ4v) is 2.80. The van der Waals surface area contributed by atoms with E-state index in [1.807, 2.05) is 6.92 Å². The zero-order chi connectivity index (χ0) is 16.4. The minimum atomic E-state index is -0.367. The van der Waals surface area contributed by atoms with Crippen LogP contribution in [0.25, 0.3) is 11.5 Å². The number of hydrogen-bond donors (Lipinski definition) is 1. The number of methoxy groups -OCH3 is 1. The normalized spacial score (nSPS) is 19.0. The summed E-state index contributed by atoms with van der Waals surface area (Å²) in [5.74, 6) is 1.24. The molecule has 1 aromatic carbocycles. The first kappa shape index (κ1) is 16.0. The van der Waals surface area contributed by atoms with Crippen LogP contribution in [-0.2, 0) is 6.54 Å². The highest BCUT2D eigenvalue weighted by Crippen LogP contribution is 2.28. The van der Waals surface area contributed by atoms with Gasteiger partial charge in [0.05, 0.1) is 18.4 Å². The van der Waals surface area contributed by atoms with Crippen molar-refractivity contribution >= 4 is 0 Å². The van der Waals surface area contributed by atoms with Crippen molar-refractivity contribution in [1.82, 2.24) is 15.2 Å². The van der Waals surface area contributed by atoms with Gasteiger partial charge in [0, 0.05) is 32.2 Å². The number of benzene rings is 1. The largest absolute Gasteiger partial charge is 0.497 e. The van der Waals surface area contributed by atoms with Crippen LogP contribution in [0.2, 0.25) is 0 Å². The van der Waals surface area contributed by atoms with Gasteiger partial charge in [0.15, 0.2) is 0 Å². The molecule has 0 spiro atoms. The first-order chi connectivity index (χ1) is 11.1. The van der Waals surface area contributed by atoms with Crippen molar-refractivity contribution in [2.75, 3.05) is 26.7 Å². The molecule has 1 atom stereocenters. The molecule has 3 rings (SSSR count). The van der Waals surface area contributed by atoms with Gasteiger partial charge in [-0.1, -0.05) is 0 Å². The lowest BCUT2D eigenvalue weighted by atomic mass is 10.2. The third-order valence-corrected chi connectivity index (χ3v) is 4.29. The van der Waals surface area contributed by atoms with Crippen molar-refractivity contribution in [2.45, 2.75) is 26.4 Å². The van der Waals surface area contributed by atoms with E-state index in [1.54, 1.807) is 19.2 Å². The first-order valence-corrected chi connectivity index (χ1v) is 7.83. The summed E-state index contributed by atoms with van der Waals surface area (Å²) in [4.78, 5) is 6.87. The molecule has 0 saturated carbocycles. The SMILES string of the molecule is COc1ccc(F)c(-c2nc(CN3CCNC[C@H]3C)c(C)o2)c1. The van der Waals surface area contributed by atoms with Crippen molar-refractivity contribution in [3.63, 3.8) is 0 Å². The Morgan fingerprint density at radius 1 is 1.48 bits per heavy atom. The van der Waals surface area contributed by atoms with E-state index in [2.05, 4.69) is 22.1 Å². The van der Waals surface area contributed by atoms with Gasteiger partial charge in [-0.15, -0.1) is 0 Å². The van der Waals surface area contributed by atoms with E-state index in [1.165, 1.54) is 6.07 Å². The molecule has 1 aromatic heterocycles. The van der Waals surface area contributed by atoms with Crippen LogP contribution < -0.4 is 10.1 Å². The fraction of sp³-hybridized carbons (Fsp3) is 0.471. The van der Waals surface area contributed by atoms with Crippen molar-refractivity contribution in [3.8, 4) is 17.2 Å². The van der Waals surface area contributed by atoms with E-state index in [-0.39, 0.29) is 5.82 Å². The van der Waals surface area contributed by atoms with Gasteiger partial charge in [0.2, 0.25) is 5.89 Å². The second-order valence-corrected chi connectivity index (χ2v) is 5.89. The minimum absolute atomic E-state index is 0.302. The maximum atomic E-state index is 14.1. The topological polar surface area (TPSA) is 50.5 Å². The van der Waals surface area contributed by atoms with Gasteiger partial charge in [-0.25, -0.2) is 9.37 Å². The summed E-state index contributed by atoms with van der Waals surface area (Å²) >= 11 is 0. The Bertz CT molecular complexity index is 686. The molecule has 6 heteroatoms. The van der Waals surface area contributed by atoms with Crippen molar-refractivity contribution in [2.24, 2.45) is 0 Å². The highest BCUT2D eigenvalue weighted by atomic mass is 19.1. The zero-order valence-electron chi connectivity index (χ0n) is 13.7. The Morgan fingerprint density at radius 3 is 3.04 bits per heavy atom. The second-order valence-electron chi connectivity index (χ2n) is 5.89. The number of oxazole rings is 1. The number of aryl methyl sites for hydroxylation is 1. The Kier molecular flexibility index (Phi) is 4.63. The van der Waals surface area contributed by atoms with E-state index in [0.717, 1.165) is 31.1 Å². The summed E-state index contributed by atoms with van der Waals surface area (Å²) in [5, 5.41) is 3.37. The van der Waals surface area contributed by atoms with Gasteiger partial charge in [0.25, 0.3) is 0 Å². The third-order valence-electron chi connectivity index (χ3n) is 4.29. The molecule has 124 valence electrons. The smallest absolute Gasteiger partial charge is 0.229 e. The fourth-order valence-electron chi connectivity index (χ4n) is 2.80. The van der Waals surface area contributed by atoms with Crippen LogP contribution >= 0.6 is 0 Å². The number of hydrogen-bond acceptors (Lipinski definition) is 5. The number of rotatable bonds is 4. The molecule has 5 nitrogen and oxygen atoms in total. The van der Waals surface area contributed by atoms with E-state index < -0.39 is 0 Å². The third kappa shape index (κ3) is 3.38. The molecule has 0 unspecified atom stereocenters. The van der Waals surface area contributed by atoms with E-state index in [0.29, 0.717) is 29.8 Å². The van der Waals surface area contributed by atoms with Gasteiger partial charge in [-0.05, 0) is 32.0 Å². The molecular formula is C17H22FN3O2. The molecule has 23 heavy (non-hydrogen) atoms. The van der Waals surface area contributed by atoms with Crippen molar-refractivity contribution in [1.29, 1.82) is 0 Å². The molecule has 0 aliphatic carbocycles. The van der Waals surface area contributed by atoms with Crippen LogP contribution in [0.3, 0.4) is 0 Å². The summed E-state index contributed by atoms with van der Waals surface area (Å²) in [6, 6.07) is 5.00.